The van der Waals surface area contributed by atoms with Crippen LogP contribution in [0.1, 0.15) is 26.3 Å². The Bertz CT molecular complexity index is 1240. The third-order valence-corrected chi connectivity index (χ3v) is 5.03. The van der Waals surface area contributed by atoms with Crippen LogP contribution in [0.15, 0.2) is 38.6 Å². The maximum Gasteiger partial charge on any atom is 0.336 e. The number of aryl methyl sites for hydroxylation is 1. The van der Waals surface area contributed by atoms with Gasteiger partial charge < -0.3 is 28.1 Å². The van der Waals surface area contributed by atoms with Crippen LogP contribution < -0.4 is 10.4 Å². The Kier molecular flexibility index (Phi) is 7.94. The summed E-state index contributed by atoms with van der Waals surface area (Å²) in [7, 11) is 0. The van der Waals surface area contributed by atoms with E-state index < -0.39 is 54.2 Å². The molecule has 0 amide bonds. The summed E-state index contributed by atoms with van der Waals surface area (Å²) >= 11 is 0. The van der Waals surface area contributed by atoms with Gasteiger partial charge in [-0.15, -0.1) is 0 Å². The number of hydrogen-bond acceptors (Lipinski definition) is 11. The van der Waals surface area contributed by atoms with Gasteiger partial charge in [-0.25, -0.2) is 4.79 Å². The summed E-state index contributed by atoms with van der Waals surface area (Å²) < 4.78 is 32.6. The lowest BCUT2D eigenvalue weighted by Gasteiger charge is -2.43. The first-order valence-electron chi connectivity index (χ1n) is 10.5. The molecule has 0 aliphatic carbocycles. The first-order valence-corrected chi connectivity index (χ1v) is 10.5. The molecular formula is C22H23N3O10. The Morgan fingerprint density at radius 2 is 1.74 bits per heavy atom. The number of esters is 3. The van der Waals surface area contributed by atoms with Crippen LogP contribution in [-0.2, 0) is 33.3 Å². The average Bonchev–Trinajstić information content (AvgIpc) is 2.75. The predicted molar refractivity (Wildman–Crippen MR) is 117 cm³/mol. The van der Waals surface area contributed by atoms with E-state index >= 15 is 0 Å². The van der Waals surface area contributed by atoms with E-state index in [0.29, 0.717) is 10.9 Å². The van der Waals surface area contributed by atoms with Crippen molar-refractivity contribution in [1.29, 1.82) is 0 Å². The molecule has 0 radical (unpaired) electrons. The Morgan fingerprint density at radius 3 is 2.37 bits per heavy atom. The Balaban J connectivity index is 2.01. The van der Waals surface area contributed by atoms with E-state index in [2.05, 4.69) is 10.0 Å². The molecule has 2 aromatic rings. The summed E-state index contributed by atoms with van der Waals surface area (Å²) in [5.74, 6) is -1.94. The number of benzene rings is 1. The van der Waals surface area contributed by atoms with Crippen molar-refractivity contribution >= 4 is 28.9 Å². The fourth-order valence-electron chi connectivity index (χ4n) is 3.68. The van der Waals surface area contributed by atoms with Crippen molar-refractivity contribution in [3.05, 3.63) is 50.7 Å². The smallest absolute Gasteiger partial charge is 0.336 e. The minimum Gasteiger partial charge on any atom is -0.464 e. The molecule has 1 fully saturated rings. The van der Waals surface area contributed by atoms with Gasteiger partial charge in [0.2, 0.25) is 6.29 Å². The highest BCUT2D eigenvalue weighted by molar-refractivity contribution is 5.81. The highest BCUT2D eigenvalue weighted by atomic mass is 16.7. The normalized spacial score (nSPS) is 23.6. The standard InChI is InChI=1S/C22H23N3O10/c1-10-7-18(29)34-16-8-14(5-6-15(10)16)33-22-19(24-25-23)21(32-13(4)28)20(31-12(3)27)17(35-22)9-30-11(2)26/h5-8,17,19-22H,9H2,1-4H3/t17-,19-,20+,21-,22+/m1/s1. The van der Waals surface area contributed by atoms with E-state index in [1.54, 1.807) is 19.1 Å². The average molecular weight is 489 g/mol. The zero-order valence-corrected chi connectivity index (χ0v) is 19.3. The molecule has 2 heterocycles. The molecule has 1 aromatic heterocycles. The maximum absolute atomic E-state index is 11.8. The van der Waals surface area contributed by atoms with Gasteiger partial charge in [-0.3, -0.25) is 14.4 Å². The molecule has 1 aliphatic heterocycles. The van der Waals surface area contributed by atoms with E-state index in [4.69, 9.17) is 33.6 Å². The molecule has 13 nitrogen and oxygen atoms in total. The topological polar surface area (TPSA) is 176 Å². The minimum absolute atomic E-state index is 0.174. The molecule has 1 aliphatic rings. The number of azide groups is 1. The summed E-state index contributed by atoms with van der Waals surface area (Å²) in [6.45, 7) is 4.80. The molecule has 35 heavy (non-hydrogen) atoms. The number of nitrogens with zero attached hydrogens (tertiary/aromatic N) is 3. The van der Waals surface area contributed by atoms with Gasteiger partial charge in [-0.1, -0.05) is 5.11 Å². The van der Waals surface area contributed by atoms with Gasteiger partial charge >= 0.3 is 23.5 Å². The lowest BCUT2D eigenvalue weighted by Crippen LogP contribution is -2.62. The van der Waals surface area contributed by atoms with E-state index in [0.717, 1.165) is 13.8 Å². The van der Waals surface area contributed by atoms with Crippen molar-refractivity contribution in [2.45, 2.75) is 58.3 Å². The molecule has 0 N–H and O–H groups in total. The summed E-state index contributed by atoms with van der Waals surface area (Å²) in [5.41, 5.74) is 9.54. The zero-order chi connectivity index (χ0) is 25.7. The van der Waals surface area contributed by atoms with Gasteiger partial charge in [0.25, 0.3) is 0 Å². The van der Waals surface area contributed by atoms with Crippen LogP contribution in [0.5, 0.6) is 5.75 Å². The second-order valence-electron chi connectivity index (χ2n) is 7.71. The highest BCUT2D eigenvalue weighted by Crippen LogP contribution is 2.32. The third kappa shape index (κ3) is 6.28. The van der Waals surface area contributed by atoms with Crippen molar-refractivity contribution in [1.82, 2.24) is 0 Å². The molecule has 13 heteroatoms. The van der Waals surface area contributed by atoms with Gasteiger partial charge in [0.1, 0.15) is 30.1 Å². The second-order valence-corrected chi connectivity index (χ2v) is 7.71. The Morgan fingerprint density at radius 1 is 1.06 bits per heavy atom. The van der Waals surface area contributed by atoms with Crippen LogP contribution in [0.3, 0.4) is 0 Å². The lowest BCUT2D eigenvalue weighted by atomic mass is 9.96. The van der Waals surface area contributed by atoms with Crippen LogP contribution in [0.25, 0.3) is 21.4 Å². The van der Waals surface area contributed by atoms with Crippen LogP contribution in [0, 0.1) is 6.92 Å². The summed E-state index contributed by atoms with van der Waals surface area (Å²) in [6.07, 6.45) is -5.10. The fourth-order valence-corrected chi connectivity index (χ4v) is 3.68. The first kappa shape index (κ1) is 25.5. The third-order valence-electron chi connectivity index (χ3n) is 5.03. The van der Waals surface area contributed by atoms with Gasteiger partial charge in [0.15, 0.2) is 12.2 Å². The van der Waals surface area contributed by atoms with Crippen molar-refractivity contribution in [3.63, 3.8) is 0 Å². The van der Waals surface area contributed by atoms with Crippen molar-refractivity contribution in [2.75, 3.05) is 6.61 Å². The van der Waals surface area contributed by atoms with Crippen LogP contribution in [0.4, 0.5) is 0 Å². The summed E-state index contributed by atoms with van der Waals surface area (Å²) in [6, 6.07) is 4.73. The predicted octanol–water partition coefficient (Wildman–Crippen LogP) is 2.31. The van der Waals surface area contributed by atoms with Crippen LogP contribution in [-0.4, -0.2) is 55.2 Å². The highest BCUT2D eigenvalue weighted by Gasteiger charge is 2.51. The summed E-state index contributed by atoms with van der Waals surface area (Å²) in [4.78, 5) is 49.5. The van der Waals surface area contributed by atoms with Crippen LogP contribution in [0.2, 0.25) is 0 Å². The quantitative estimate of drug-likeness (QED) is 0.140. The molecule has 0 unspecified atom stereocenters. The lowest BCUT2D eigenvalue weighted by molar-refractivity contribution is -0.253. The Labute approximate surface area is 198 Å². The summed E-state index contributed by atoms with van der Waals surface area (Å²) in [5, 5.41) is 4.33. The number of ether oxygens (including phenoxy) is 5. The van der Waals surface area contributed by atoms with Crippen molar-refractivity contribution < 1.29 is 42.5 Å². The molecule has 3 rings (SSSR count). The van der Waals surface area contributed by atoms with E-state index in [-0.39, 0.29) is 17.9 Å². The van der Waals surface area contributed by atoms with E-state index in [1.807, 2.05) is 0 Å². The van der Waals surface area contributed by atoms with Gasteiger partial charge in [-0.05, 0) is 30.2 Å². The molecule has 0 spiro atoms. The first-order chi connectivity index (χ1) is 16.6. The maximum atomic E-state index is 11.8. The number of carbonyl (C=O) groups excluding carboxylic acids is 3. The van der Waals surface area contributed by atoms with Gasteiger partial charge in [0.05, 0.1) is 0 Å². The van der Waals surface area contributed by atoms with E-state index in [1.165, 1.54) is 19.1 Å². The van der Waals surface area contributed by atoms with Gasteiger partial charge in [-0.2, -0.15) is 0 Å². The minimum atomic E-state index is -1.36. The monoisotopic (exact) mass is 489 g/mol. The number of rotatable bonds is 7. The number of hydrogen-bond donors (Lipinski definition) is 0. The van der Waals surface area contributed by atoms with Gasteiger partial charge in [0, 0.05) is 43.2 Å². The van der Waals surface area contributed by atoms with E-state index in [9.17, 15) is 19.2 Å². The molecule has 5 atom stereocenters. The second kappa shape index (κ2) is 10.9. The molecule has 186 valence electrons. The van der Waals surface area contributed by atoms with Crippen molar-refractivity contribution in [3.8, 4) is 5.75 Å². The fraction of sp³-hybridized carbons (Fsp3) is 0.455. The molecule has 1 saturated heterocycles. The molecule has 1 aromatic carbocycles. The largest absolute Gasteiger partial charge is 0.464 e. The molecular weight excluding hydrogens is 466 g/mol. The molecule has 0 saturated carbocycles. The Hall–Kier alpha value is -4.09. The van der Waals surface area contributed by atoms with Crippen LogP contribution >= 0.6 is 0 Å². The SMILES string of the molecule is CC(=O)OC[C@H]1O[C@H](Oc2ccc3c(C)cc(=O)oc3c2)[C@H](N=[N+]=[N-])[C@@H](OC(C)=O)[C@H]1OC(C)=O. The number of carbonyl (C=O) groups is 3. The zero-order valence-electron chi connectivity index (χ0n) is 19.3. The molecule has 0 bridgehead atoms. The van der Waals surface area contributed by atoms with Crippen molar-refractivity contribution in [2.24, 2.45) is 5.11 Å². The number of fused-ring (bicyclic) bond motifs is 1.